The van der Waals surface area contributed by atoms with Gasteiger partial charge >= 0.3 is 0 Å². The number of fused-ring (bicyclic) bond motifs is 2. The van der Waals surface area contributed by atoms with E-state index in [4.69, 9.17) is 0 Å². The number of benzene rings is 1. The molecule has 2 aromatic rings. The normalized spacial score (nSPS) is 19.4. The number of hydrogen-bond donors (Lipinski definition) is 1. The molecule has 0 saturated heterocycles. The van der Waals surface area contributed by atoms with Gasteiger partial charge in [-0.3, -0.25) is 10.1 Å². The first kappa shape index (κ1) is 15.0. The predicted octanol–water partition coefficient (Wildman–Crippen LogP) is 2.01. The summed E-state index contributed by atoms with van der Waals surface area (Å²) in [6, 6.07) is 7.07. The maximum absolute atomic E-state index is 11.8. The molecule has 1 aliphatic carbocycles. The van der Waals surface area contributed by atoms with Crippen molar-refractivity contribution in [3.8, 4) is 0 Å². The Kier molecular flexibility index (Phi) is 3.13. The molecule has 0 saturated carbocycles. The predicted molar refractivity (Wildman–Crippen MR) is 83.9 cm³/mol. The fourth-order valence-electron chi connectivity index (χ4n) is 3.04. The average Bonchev–Trinajstić information content (AvgIpc) is 3.17. The van der Waals surface area contributed by atoms with E-state index in [0.717, 1.165) is 11.6 Å². The molecule has 4 rings (SSSR count). The van der Waals surface area contributed by atoms with E-state index in [1.807, 2.05) is 0 Å². The molecule has 11 nitrogen and oxygen atoms in total. The van der Waals surface area contributed by atoms with E-state index in [1.54, 1.807) is 30.5 Å². The zero-order valence-electron chi connectivity index (χ0n) is 12.3. The van der Waals surface area contributed by atoms with Crippen LogP contribution in [0.1, 0.15) is 11.5 Å². The van der Waals surface area contributed by atoms with Gasteiger partial charge in [-0.05, 0) is 21.5 Å². The first-order valence-corrected chi connectivity index (χ1v) is 7.02. The number of nitrogens with zero attached hydrogens (tertiary/aromatic N) is 4. The second kappa shape index (κ2) is 5.22. The molecule has 1 aliphatic heterocycles. The van der Waals surface area contributed by atoms with Crippen molar-refractivity contribution in [1.29, 1.82) is 0 Å². The minimum atomic E-state index is -1.08. The van der Waals surface area contributed by atoms with E-state index in [2.05, 4.69) is 15.1 Å². The van der Waals surface area contributed by atoms with Crippen LogP contribution in [-0.4, -0.2) is 25.8 Å². The second-order valence-corrected chi connectivity index (χ2v) is 5.36. The van der Waals surface area contributed by atoms with Crippen molar-refractivity contribution < 1.29 is 14.8 Å². The van der Waals surface area contributed by atoms with E-state index < -0.39 is 33.2 Å². The Hall–Kier alpha value is -3.57. The minimum Gasteiger partial charge on any atom is -0.769 e. The summed E-state index contributed by atoms with van der Waals surface area (Å²) in [6.07, 6.45) is 2.33. The SMILES string of the molecule is O=[N+]([O-])C1=CC(N([O-])[O-])=C2C(=NO[N+]2=O)C1c1c[nH]c2ccccc12. The Bertz CT molecular complexity index is 1020. The third-order valence-corrected chi connectivity index (χ3v) is 4.07. The van der Waals surface area contributed by atoms with Gasteiger partial charge in [-0.2, -0.15) is 0 Å². The van der Waals surface area contributed by atoms with Crippen molar-refractivity contribution in [3.63, 3.8) is 0 Å². The molecule has 0 spiro atoms. The third-order valence-electron chi connectivity index (χ3n) is 4.07. The zero-order chi connectivity index (χ0) is 17.7. The van der Waals surface area contributed by atoms with Crippen molar-refractivity contribution >= 4 is 16.6 Å². The number of hydroxylamine groups is 2. The summed E-state index contributed by atoms with van der Waals surface area (Å²) < 4.78 is 0. The largest absolute Gasteiger partial charge is 0.769 e. The molecule has 0 amide bonds. The molecule has 0 radical (unpaired) electrons. The standard InChI is InChI=1S/C14H8N5O6/c20-17(21)10-5-11(18(22)23)14-13(16-25-19(14)24)12(10)8-6-15-9-4-2-1-3-7(8)9/h1-6,12,15H/q-1. The van der Waals surface area contributed by atoms with Gasteiger partial charge in [-0.25, -0.2) is 0 Å². The number of aromatic nitrogens is 1. The van der Waals surface area contributed by atoms with Crippen LogP contribution in [0.3, 0.4) is 0 Å². The van der Waals surface area contributed by atoms with Gasteiger partial charge in [0.05, 0.1) is 10.6 Å². The summed E-state index contributed by atoms with van der Waals surface area (Å²) in [6.45, 7) is 0. The van der Waals surface area contributed by atoms with E-state index >= 15 is 0 Å². The highest BCUT2D eigenvalue weighted by Crippen LogP contribution is 2.41. The summed E-state index contributed by atoms with van der Waals surface area (Å²) in [7, 11) is 0. The van der Waals surface area contributed by atoms with Crippen molar-refractivity contribution in [2.24, 2.45) is 5.16 Å². The fourth-order valence-corrected chi connectivity index (χ4v) is 3.04. The zero-order valence-corrected chi connectivity index (χ0v) is 12.3. The van der Waals surface area contributed by atoms with Gasteiger partial charge < -0.3 is 20.6 Å². The van der Waals surface area contributed by atoms with Gasteiger partial charge in [0.1, 0.15) is 0 Å². The lowest BCUT2D eigenvalue weighted by Crippen LogP contribution is -2.29. The third kappa shape index (κ3) is 2.10. The average molecular weight is 342 g/mol. The lowest BCUT2D eigenvalue weighted by molar-refractivity contribution is -0.758. The van der Waals surface area contributed by atoms with Crippen molar-refractivity contribution in [1.82, 2.24) is 10.2 Å². The van der Waals surface area contributed by atoms with Gasteiger partial charge in [0.15, 0.2) is 16.0 Å². The van der Waals surface area contributed by atoms with E-state index in [1.165, 1.54) is 0 Å². The number of H-pyrrole nitrogens is 1. The van der Waals surface area contributed by atoms with E-state index in [0.29, 0.717) is 10.9 Å². The number of hydrogen-bond acceptors (Lipinski definition) is 8. The highest BCUT2D eigenvalue weighted by molar-refractivity contribution is 6.08. The first-order valence-electron chi connectivity index (χ1n) is 7.02. The van der Waals surface area contributed by atoms with Crippen molar-refractivity contribution in [2.75, 3.05) is 0 Å². The van der Waals surface area contributed by atoms with E-state index in [-0.39, 0.29) is 10.6 Å². The van der Waals surface area contributed by atoms with Crippen LogP contribution in [0.2, 0.25) is 0 Å². The molecule has 1 atom stereocenters. The van der Waals surface area contributed by atoms with Gasteiger partial charge in [-0.1, -0.05) is 18.2 Å². The van der Waals surface area contributed by atoms with E-state index in [9.17, 15) is 25.4 Å². The fraction of sp³-hybridized carbons (Fsp3) is 0.0714. The summed E-state index contributed by atoms with van der Waals surface area (Å²) in [5, 5.41) is 37.3. The molecular formula is C14H8N5O6-. The molecule has 0 fully saturated rings. The number of oxime groups is 1. The molecule has 2 aliphatic rings. The summed E-state index contributed by atoms with van der Waals surface area (Å²) in [5.74, 6) is -1.08. The lowest BCUT2D eigenvalue weighted by Gasteiger charge is -2.38. The maximum atomic E-state index is 11.8. The topological polar surface area (TPSA) is 150 Å². The van der Waals surface area contributed by atoms with Gasteiger partial charge in [0, 0.05) is 23.2 Å². The highest BCUT2D eigenvalue weighted by atomic mass is 16.9. The molecule has 1 aromatic carbocycles. The number of para-hydroxylation sites is 1. The monoisotopic (exact) mass is 342 g/mol. The minimum absolute atomic E-state index is 0.109. The van der Waals surface area contributed by atoms with Crippen LogP contribution in [0.5, 0.6) is 0 Å². The molecule has 11 heteroatoms. The van der Waals surface area contributed by atoms with Crippen LogP contribution in [0, 0.1) is 25.4 Å². The van der Waals surface area contributed by atoms with Crippen molar-refractivity contribution in [2.45, 2.75) is 5.92 Å². The summed E-state index contributed by atoms with van der Waals surface area (Å²) in [5.41, 5.74) is -0.598. The Morgan fingerprint density at radius 1 is 1.32 bits per heavy atom. The molecule has 2 heterocycles. The molecule has 1 aromatic heterocycles. The van der Waals surface area contributed by atoms with Crippen LogP contribution in [0.4, 0.5) is 0 Å². The van der Waals surface area contributed by atoms with Crippen LogP contribution >= 0.6 is 0 Å². The second-order valence-electron chi connectivity index (χ2n) is 5.36. The van der Waals surface area contributed by atoms with Crippen LogP contribution in [-0.2, 0) is 4.94 Å². The molecule has 1 unspecified atom stereocenters. The maximum Gasteiger partial charge on any atom is 0.296 e. The molecular weight excluding hydrogens is 334 g/mol. The smallest absolute Gasteiger partial charge is 0.296 e. The number of aromatic amines is 1. The number of nitrogens with one attached hydrogen (secondary N) is 1. The van der Waals surface area contributed by atoms with Crippen molar-refractivity contribution in [3.05, 3.63) is 84.6 Å². The first-order chi connectivity index (χ1) is 12.0. The van der Waals surface area contributed by atoms with Gasteiger partial charge in [-0.15, -0.1) is 0 Å². The summed E-state index contributed by atoms with van der Waals surface area (Å²) >= 11 is 0. The Balaban J connectivity index is 1.98. The number of rotatable bonds is 3. The Morgan fingerprint density at radius 3 is 2.80 bits per heavy atom. The Morgan fingerprint density at radius 2 is 2.08 bits per heavy atom. The molecule has 1 N–H and O–H groups in total. The van der Waals surface area contributed by atoms with Crippen LogP contribution in [0.15, 0.2) is 58.8 Å². The summed E-state index contributed by atoms with van der Waals surface area (Å²) in [4.78, 5) is 30.0. The van der Waals surface area contributed by atoms with Gasteiger partial charge in [0.25, 0.3) is 17.1 Å². The molecule has 126 valence electrons. The quantitative estimate of drug-likeness (QED) is 0.662. The highest BCUT2D eigenvalue weighted by Gasteiger charge is 2.52. The lowest BCUT2D eigenvalue weighted by atomic mass is 9.85. The number of allylic oxidation sites excluding steroid dienone is 3. The molecule has 25 heavy (non-hydrogen) atoms. The molecule has 0 bridgehead atoms. The Labute approximate surface area is 138 Å². The van der Waals surface area contributed by atoms with Crippen LogP contribution < -0.4 is 0 Å². The number of nitro groups is 1. The van der Waals surface area contributed by atoms with Crippen LogP contribution in [0.25, 0.3) is 10.9 Å². The van der Waals surface area contributed by atoms with Gasteiger partial charge in [0.2, 0.25) is 0 Å².